The summed E-state index contributed by atoms with van der Waals surface area (Å²) in [6.07, 6.45) is -0.826. The van der Waals surface area contributed by atoms with Crippen LogP contribution in [0.3, 0.4) is 0 Å². The van der Waals surface area contributed by atoms with Crippen molar-refractivity contribution in [1.29, 1.82) is 0 Å². The number of amides is 1. The number of hydrogen-bond donors (Lipinski definition) is 1. The fraction of sp³-hybridized carbons (Fsp3) is 0.900. The molecule has 0 aliphatic heterocycles. The number of hydrogen-bond acceptors (Lipinski definition) is 1. The summed E-state index contributed by atoms with van der Waals surface area (Å²) in [6, 6.07) is 0.0908. The maximum atomic E-state index is 11.2. The average molecular weight is 313 g/mol. The van der Waals surface area contributed by atoms with Gasteiger partial charge >= 0.3 is 6.09 Å². The highest BCUT2D eigenvalue weighted by atomic mass is 127. The molecule has 1 N–H and O–H groups in total. The Balaban J connectivity index is 4.89. The van der Waals surface area contributed by atoms with Crippen molar-refractivity contribution in [1.82, 2.24) is 4.90 Å². The summed E-state index contributed by atoms with van der Waals surface area (Å²) in [7, 11) is 0. The SMILES string of the molecule is CC(C)[C@@H](CI)N(C(=O)O)C(C)(C)C. The summed E-state index contributed by atoms with van der Waals surface area (Å²) in [5.74, 6) is 0.349. The summed E-state index contributed by atoms with van der Waals surface area (Å²) in [6.45, 7) is 9.92. The van der Waals surface area contributed by atoms with Gasteiger partial charge in [0.2, 0.25) is 0 Å². The van der Waals surface area contributed by atoms with E-state index < -0.39 is 6.09 Å². The van der Waals surface area contributed by atoms with Crippen LogP contribution in [-0.4, -0.2) is 32.1 Å². The maximum Gasteiger partial charge on any atom is 0.408 e. The standard InChI is InChI=1S/C10H20INO2/c1-7(2)8(6-11)12(9(13)14)10(3,4)5/h7-8H,6H2,1-5H3,(H,13,14)/t8-/m1/s1. The van der Waals surface area contributed by atoms with Crippen molar-refractivity contribution in [3.05, 3.63) is 0 Å². The molecule has 0 saturated heterocycles. The van der Waals surface area contributed by atoms with Gasteiger partial charge in [0.1, 0.15) is 0 Å². The highest BCUT2D eigenvalue weighted by Crippen LogP contribution is 2.23. The van der Waals surface area contributed by atoms with E-state index in [1.807, 2.05) is 20.8 Å². The Morgan fingerprint density at radius 2 is 1.86 bits per heavy atom. The van der Waals surface area contributed by atoms with Gasteiger partial charge in [-0.2, -0.15) is 0 Å². The van der Waals surface area contributed by atoms with E-state index in [0.29, 0.717) is 5.92 Å². The van der Waals surface area contributed by atoms with Crippen molar-refractivity contribution in [2.45, 2.75) is 46.2 Å². The fourth-order valence-electron chi connectivity index (χ4n) is 1.47. The first-order valence-corrected chi connectivity index (χ1v) is 6.32. The predicted molar refractivity (Wildman–Crippen MR) is 67.1 cm³/mol. The maximum absolute atomic E-state index is 11.2. The number of carboxylic acid groups (broad SMARTS) is 1. The Morgan fingerprint density at radius 1 is 1.43 bits per heavy atom. The van der Waals surface area contributed by atoms with E-state index in [1.165, 1.54) is 0 Å². The normalized spacial score (nSPS) is 14.2. The van der Waals surface area contributed by atoms with Gasteiger partial charge in [0.25, 0.3) is 0 Å². The largest absolute Gasteiger partial charge is 0.465 e. The molecule has 0 unspecified atom stereocenters. The summed E-state index contributed by atoms with van der Waals surface area (Å²) in [5.41, 5.74) is -0.327. The molecule has 0 aromatic rings. The van der Waals surface area contributed by atoms with Crippen LogP contribution in [0.15, 0.2) is 0 Å². The smallest absolute Gasteiger partial charge is 0.408 e. The first-order valence-electron chi connectivity index (χ1n) is 4.80. The quantitative estimate of drug-likeness (QED) is 0.642. The molecular formula is C10H20INO2. The number of halogens is 1. The van der Waals surface area contributed by atoms with Gasteiger partial charge < -0.3 is 5.11 Å². The second kappa shape index (κ2) is 5.19. The van der Waals surface area contributed by atoms with Crippen molar-refractivity contribution in [2.24, 2.45) is 5.92 Å². The minimum atomic E-state index is -0.826. The second-order valence-electron chi connectivity index (χ2n) is 4.79. The molecule has 1 atom stereocenters. The van der Waals surface area contributed by atoms with E-state index in [9.17, 15) is 9.90 Å². The molecule has 3 nitrogen and oxygen atoms in total. The molecule has 0 saturated carbocycles. The zero-order valence-corrected chi connectivity index (χ0v) is 11.7. The molecule has 0 spiro atoms. The lowest BCUT2D eigenvalue weighted by Crippen LogP contribution is -2.53. The molecule has 0 aliphatic carbocycles. The highest BCUT2D eigenvalue weighted by Gasteiger charge is 2.33. The van der Waals surface area contributed by atoms with Crippen molar-refractivity contribution < 1.29 is 9.90 Å². The Morgan fingerprint density at radius 3 is 1.93 bits per heavy atom. The zero-order valence-electron chi connectivity index (χ0n) is 9.54. The summed E-state index contributed by atoms with van der Waals surface area (Å²) >= 11 is 2.25. The van der Waals surface area contributed by atoms with Gasteiger partial charge in [-0.15, -0.1) is 0 Å². The third-order valence-electron chi connectivity index (χ3n) is 2.19. The molecule has 1 amide bonds. The Hall–Kier alpha value is 0. The van der Waals surface area contributed by atoms with Gasteiger partial charge in [-0.3, -0.25) is 4.90 Å². The van der Waals surface area contributed by atoms with Gasteiger partial charge in [0.05, 0.1) is 0 Å². The van der Waals surface area contributed by atoms with Crippen LogP contribution in [0.2, 0.25) is 0 Å². The minimum Gasteiger partial charge on any atom is -0.465 e. The average Bonchev–Trinajstić information content (AvgIpc) is 1.95. The molecule has 4 heteroatoms. The van der Waals surface area contributed by atoms with Crippen LogP contribution in [0.1, 0.15) is 34.6 Å². The van der Waals surface area contributed by atoms with E-state index >= 15 is 0 Å². The Bertz CT molecular complexity index is 199. The van der Waals surface area contributed by atoms with Gasteiger partial charge in [-0.05, 0) is 26.7 Å². The topological polar surface area (TPSA) is 40.5 Å². The lowest BCUT2D eigenvalue weighted by atomic mass is 9.98. The van der Waals surface area contributed by atoms with Gasteiger partial charge in [0.15, 0.2) is 0 Å². The lowest BCUT2D eigenvalue weighted by Gasteiger charge is -2.40. The predicted octanol–water partition coefficient (Wildman–Crippen LogP) is 3.22. The van der Waals surface area contributed by atoms with E-state index in [1.54, 1.807) is 4.90 Å². The van der Waals surface area contributed by atoms with Crippen LogP contribution in [0.5, 0.6) is 0 Å². The summed E-state index contributed by atoms with van der Waals surface area (Å²) < 4.78 is 0.832. The number of rotatable bonds is 3. The van der Waals surface area contributed by atoms with Crippen LogP contribution in [0.25, 0.3) is 0 Å². The van der Waals surface area contributed by atoms with E-state index in [2.05, 4.69) is 36.4 Å². The zero-order chi connectivity index (χ0) is 11.5. The first-order chi connectivity index (χ1) is 6.21. The molecule has 14 heavy (non-hydrogen) atoms. The molecule has 0 fully saturated rings. The van der Waals surface area contributed by atoms with E-state index in [0.717, 1.165) is 4.43 Å². The van der Waals surface area contributed by atoms with Crippen LogP contribution in [-0.2, 0) is 0 Å². The summed E-state index contributed by atoms with van der Waals surface area (Å²) in [5, 5.41) is 9.18. The third kappa shape index (κ3) is 3.63. The monoisotopic (exact) mass is 313 g/mol. The fourth-order valence-corrected chi connectivity index (χ4v) is 2.88. The molecular weight excluding hydrogens is 293 g/mol. The van der Waals surface area contributed by atoms with Crippen LogP contribution >= 0.6 is 22.6 Å². The number of nitrogens with zero attached hydrogens (tertiary/aromatic N) is 1. The molecule has 84 valence electrons. The highest BCUT2D eigenvalue weighted by molar-refractivity contribution is 14.1. The molecule has 0 rings (SSSR count). The molecule has 0 aliphatic rings. The van der Waals surface area contributed by atoms with E-state index in [4.69, 9.17) is 0 Å². The second-order valence-corrected chi connectivity index (χ2v) is 5.67. The third-order valence-corrected chi connectivity index (χ3v) is 3.09. The lowest BCUT2D eigenvalue weighted by molar-refractivity contribution is 0.0634. The molecule has 0 heterocycles. The Labute approximate surface area is 100 Å². The molecule has 0 aromatic carbocycles. The van der Waals surface area contributed by atoms with Crippen LogP contribution < -0.4 is 0 Å². The van der Waals surface area contributed by atoms with Crippen molar-refractivity contribution in [3.8, 4) is 0 Å². The number of alkyl halides is 1. The van der Waals surface area contributed by atoms with Crippen molar-refractivity contribution >= 4 is 28.7 Å². The van der Waals surface area contributed by atoms with Crippen LogP contribution in [0.4, 0.5) is 4.79 Å². The molecule has 0 aromatic heterocycles. The van der Waals surface area contributed by atoms with Crippen molar-refractivity contribution in [3.63, 3.8) is 0 Å². The Kier molecular flexibility index (Phi) is 5.19. The molecule has 0 bridgehead atoms. The molecule has 0 radical (unpaired) electrons. The van der Waals surface area contributed by atoms with Gasteiger partial charge in [-0.25, -0.2) is 4.79 Å². The minimum absolute atomic E-state index is 0.0908. The first kappa shape index (κ1) is 14.0. The van der Waals surface area contributed by atoms with E-state index in [-0.39, 0.29) is 11.6 Å². The van der Waals surface area contributed by atoms with Gasteiger partial charge in [-0.1, -0.05) is 36.4 Å². The van der Waals surface area contributed by atoms with Gasteiger partial charge in [0, 0.05) is 16.0 Å². The summed E-state index contributed by atoms with van der Waals surface area (Å²) in [4.78, 5) is 12.7. The van der Waals surface area contributed by atoms with Crippen molar-refractivity contribution in [2.75, 3.05) is 4.43 Å². The number of carbonyl (C=O) groups is 1. The van der Waals surface area contributed by atoms with Crippen LogP contribution in [0, 0.1) is 5.92 Å².